The number of hydrazone groups is 2. The summed E-state index contributed by atoms with van der Waals surface area (Å²) in [6.07, 6.45) is 3.66. The first-order chi connectivity index (χ1) is 13.0. The third kappa shape index (κ3) is 15.3. The zero-order valence-corrected chi connectivity index (χ0v) is 19.3. The maximum Gasteiger partial charge on any atom is 0.240 e. The van der Waals surface area contributed by atoms with Gasteiger partial charge >= 0.3 is 0 Å². The van der Waals surface area contributed by atoms with Gasteiger partial charge in [0.2, 0.25) is 11.8 Å². The van der Waals surface area contributed by atoms with E-state index in [-0.39, 0.29) is 24.7 Å². The lowest BCUT2D eigenvalue weighted by Crippen LogP contribution is -2.25. The molecule has 0 bridgehead atoms. The lowest BCUT2D eigenvalue weighted by molar-refractivity contribution is -0.126. The Kier molecular flexibility index (Phi) is 13.4. The standard InChI is InChI=1S/C22H42N4O2/c1-15(2)11-19(12-16(3)4)23-25-21(27)9-10-22(28)26-24-20(13-17(5)6)14-18(7)8/h15-18H,9-14H2,1-8H3,(H,25,27)(H,26,28). The highest BCUT2D eigenvalue weighted by Crippen LogP contribution is 2.11. The average Bonchev–Trinajstić information content (AvgIpc) is 2.53. The van der Waals surface area contributed by atoms with Crippen LogP contribution >= 0.6 is 0 Å². The van der Waals surface area contributed by atoms with Crippen molar-refractivity contribution in [2.24, 2.45) is 33.9 Å². The number of nitrogens with one attached hydrogen (secondary N) is 2. The molecule has 28 heavy (non-hydrogen) atoms. The molecule has 0 spiro atoms. The zero-order chi connectivity index (χ0) is 21.7. The summed E-state index contributed by atoms with van der Waals surface area (Å²) < 4.78 is 0. The lowest BCUT2D eigenvalue weighted by atomic mass is 9.99. The van der Waals surface area contributed by atoms with E-state index >= 15 is 0 Å². The van der Waals surface area contributed by atoms with Crippen LogP contribution < -0.4 is 10.9 Å². The third-order valence-electron chi connectivity index (χ3n) is 3.83. The van der Waals surface area contributed by atoms with E-state index in [9.17, 15) is 9.59 Å². The van der Waals surface area contributed by atoms with Crippen molar-refractivity contribution in [2.45, 2.75) is 93.9 Å². The molecule has 0 heterocycles. The highest BCUT2D eigenvalue weighted by Gasteiger charge is 2.10. The van der Waals surface area contributed by atoms with Gasteiger partial charge in [-0.05, 0) is 49.4 Å². The van der Waals surface area contributed by atoms with Crippen molar-refractivity contribution in [1.29, 1.82) is 0 Å². The van der Waals surface area contributed by atoms with Crippen LogP contribution in [0.2, 0.25) is 0 Å². The molecule has 0 aromatic heterocycles. The second-order valence-electron chi connectivity index (χ2n) is 9.32. The van der Waals surface area contributed by atoms with E-state index in [0.29, 0.717) is 23.7 Å². The zero-order valence-electron chi connectivity index (χ0n) is 19.3. The number of amides is 2. The van der Waals surface area contributed by atoms with E-state index in [1.165, 1.54) is 0 Å². The van der Waals surface area contributed by atoms with Crippen LogP contribution in [0.4, 0.5) is 0 Å². The molecule has 2 N–H and O–H groups in total. The second kappa shape index (κ2) is 14.3. The molecule has 0 unspecified atom stereocenters. The van der Waals surface area contributed by atoms with E-state index in [2.05, 4.69) is 76.4 Å². The molecule has 0 radical (unpaired) electrons. The van der Waals surface area contributed by atoms with Crippen molar-refractivity contribution in [2.75, 3.05) is 0 Å². The minimum atomic E-state index is -0.242. The average molecular weight is 395 g/mol. The van der Waals surface area contributed by atoms with Gasteiger partial charge in [-0.1, -0.05) is 55.4 Å². The molecule has 0 fully saturated rings. The number of hydrogen-bond acceptors (Lipinski definition) is 4. The fourth-order valence-corrected chi connectivity index (χ4v) is 2.86. The monoisotopic (exact) mass is 394 g/mol. The van der Waals surface area contributed by atoms with Gasteiger partial charge < -0.3 is 0 Å². The van der Waals surface area contributed by atoms with E-state index in [1.807, 2.05) is 0 Å². The summed E-state index contributed by atoms with van der Waals surface area (Å²) in [5.41, 5.74) is 7.20. The molecule has 6 heteroatoms. The van der Waals surface area contributed by atoms with Crippen molar-refractivity contribution in [3.8, 4) is 0 Å². The fraction of sp³-hybridized carbons (Fsp3) is 0.818. The van der Waals surface area contributed by atoms with Gasteiger partial charge in [-0.3, -0.25) is 9.59 Å². The number of carbonyl (C=O) groups is 2. The Morgan fingerprint density at radius 1 is 0.571 bits per heavy atom. The van der Waals surface area contributed by atoms with Crippen LogP contribution in [-0.4, -0.2) is 23.2 Å². The Balaban J connectivity index is 4.53. The van der Waals surface area contributed by atoms with E-state index in [0.717, 1.165) is 37.1 Å². The third-order valence-corrected chi connectivity index (χ3v) is 3.83. The first kappa shape index (κ1) is 26.3. The largest absolute Gasteiger partial charge is 0.273 e. The van der Waals surface area contributed by atoms with Crippen LogP contribution in [0.25, 0.3) is 0 Å². The van der Waals surface area contributed by atoms with Crippen LogP contribution in [-0.2, 0) is 9.59 Å². The molecular weight excluding hydrogens is 352 g/mol. The SMILES string of the molecule is CC(C)CC(CC(C)C)=NNC(=O)CCC(=O)NN=C(CC(C)C)CC(C)C. The Morgan fingerprint density at radius 2 is 0.821 bits per heavy atom. The van der Waals surface area contributed by atoms with Crippen molar-refractivity contribution < 1.29 is 9.59 Å². The quantitative estimate of drug-likeness (QED) is 0.344. The Morgan fingerprint density at radius 3 is 1.04 bits per heavy atom. The van der Waals surface area contributed by atoms with Gasteiger partial charge in [-0.15, -0.1) is 0 Å². The summed E-state index contributed by atoms with van der Waals surface area (Å²) in [5.74, 6) is 1.48. The Bertz CT molecular complexity index is 463. The van der Waals surface area contributed by atoms with E-state index in [1.54, 1.807) is 0 Å². The van der Waals surface area contributed by atoms with Gasteiger partial charge in [0.1, 0.15) is 0 Å². The molecule has 0 aliphatic carbocycles. The van der Waals surface area contributed by atoms with Crippen LogP contribution in [0.3, 0.4) is 0 Å². The highest BCUT2D eigenvalue weighted by molar-refractivity contribution is 5.89. The van der Waals surface area contributed by atoms with Crippen LogP contribution in [0.15, 0.2) is 10.2 Å². The number of nitrogens with zero attached hydrogens (tertiary/aromatic N) is 2. The molecule has 0 aromatic carbocycles. The lowest BCUT2D eigenvalue weighted by Gasteiger charge is -2.12. The molecular formula is C22H42N4O2. The van der Waals surface area contributed by atoms with Crippen molar-refractivity contribution in [3.05, 3.63) is 0 Å². The topological polar surface area (TPSA) is 82.9 Å². The summed E-state index contributed by atoms with van der Waals surface area (Å²) in [7, 11) is 0. The summed E-state index contributed by atoms with van der Waals surface area (Å²) in [5, 5.41) is 8.56. The van der Waals surface area contributed by atoms with Crippen LogP contribution in [0.5, 0.6) is 0 Å². The second-order valence-corrected chi connectivity index (χ2v) is 9.32. The van der Waals surface area contributed by atoms with E-state index in [4.69, 9.17) is 0 Å². The number of hydrogen-bond donors (Lipinski definition) is 2. The maximum atomic E-state index is 12.0. The molecule has 6 nitrogen and oxygen atoms in total. The van der Waals surface area contributed by atoms with Gasteiger partial charge in [-0.2, -0.15) is 10.2 Å². The summed E-state index contributed by atoms with van der Waals surface area (Å²) in [4.78, 5) is 24.0. The first-order valence-electron chi connectivity index (χ1n) is 10.7. The first-order valence-corrected chi connectivity index (χ1v) is 10.7. The molecule has 162 valence electrons. The van der Waals surface area contributed by atoms with Gasteiger partial charge in [0.25, 0.3) is 0 Å². The Hall–Kier alpha value is -1.72. The number of rotatable bonds is 13. The summed E-state index contributed by atoms with van der Waals surface area (Å²) >= 11 is 0. The smallest absolute Gasteiger partial charge is 0.240 e. The van der Waals surface area contributed by atoms with Gasteiger partial charge in [0.15, 0.2) is 0 Å². The van der Waals surface area contributed by atoms with Crippen molar-refractivity contribution in [3.63, 3.8) is 0 Å². The predicted molar refractivity (Wildman–Crippen MR) is 118 cm³/mol. The molecule has 0 saturated carbocycles. The molecule has 0 rings (SSSR count). The minimum Gasteiger partial charge on any atom is -0.273 e. The molecule has 0 atom stereocenters. The van der Waals surface area contributed by atoms with Gasteiger partial charge in [0.05, 0.1) is 0 Å². The fourth-order valence-electron chi connectivity index (χ4n) is 2.86. The van der Waals surface area contributed by atoms with Crippen LogP contribution in [0.1, 0.15) is 93.9 Å². The normalized spacial score (nSPS) is 11.1. The van der Waals surface area contributed by atoms with Crippen molar-refractivity contribution >= 4 is 23.2 Å². The molecule has 2 amide bonds. The minimum absolute atomic E-state index is 0.102. The van der Waals surface area contributed by atoms with Crippen LogP contribution in [0, 0.1) is 23.7 Å². The van der Waals surface area contributed by atoms with Gasteiger partial charge in [0, 0.05) is 24.3 Å². The molecule has 0 aromatic rings. The van der Waals surface area contributed by atoms with Gasteiger partial charge in [-0.25, -0.2) is 10.9 Å². The maximum absolute atomic E-state index is 12.0. The molecule has 0 aliphatic rings. The Labute approximate surface area is 172 Å². The summed E-state index contributed by atoms with van der Waals surface area (Å²) in [6, 6.07) is 0. The predicted octanol–water partition coefficient (Wildman–Crippen LogP) is 4.90. The number of carbonyl (C=O) groups excluding carboxylic acids is 2. The molecule has 0 aliphatic heterocycles. The summed E-state index contributed by atoms with van der Waals surface area (Å²) in [6.45, 7) is 17.1. The molecule has 0 saturated heterocycles. The van der Waals surface area contributed by atoms with E-state index < -0.39 is 0 Å². The van der Waals surface area contributed by atoms with Crippen molar-refractivity contribution in [1.82, 2.24) is 10.9 Å². The highest BCUT2D eigenvalue weighted by atomic mass is 16.2.